The minimum Gasteiger partial charge on any atom is -0.296 e. The van der Waals surface area contributed by atoms with Gasteiger partial charge in [-0.05, 0) is 30.7 Å². The lowest BCUT2D eigenvalue weighted by Gasteiger charge is -2.04. The van der Waals surface area contributed by atoms with E-state index in [0.717, 1.165) is 0 Å². The molecule has 0 aliphatic rings. The first-order valence-electron chi connectivity index (χ1n) is 4.48. The van der Waals surface area contributed by atoms with E-state index in [1.165, 1.54) is 16.9 Å². The van der Waals surface area contributed by atoms with Crippen molar-refractivity contribution < 1.29 is 9.18 Å². The Kier molecular flexibility index (Phi) is 2.33. The van der Waals surface area contributed by atoms with Crippen LogP contribution < -0.4 is 0 Å². The number of carbonyl (C=O) groups is 1. The van der Waals surface area contributed by atoms with E-state index in [-0.39, 0.29) is 5.82 Å². The summed E-state index contributed by atoms with van der Waals surface area (Å²) < 4.78 is 14.7. The van der Waals surface area contributed by atoms with Gasteiger partial charge in [-0.2, -0.15) is 5.10 Å². The molecule has 76 valence electrons. The van der Waals surface area contributed by atoms with Crippen LogP contribution >= 0.6 is 0 Å². The van der Waals surface area contributed by atoms with Crippen molar-refractivity contribution in [3.8, 4) is 5.69 Å². The molecule has 0 unspecified atom stereocenters. The van der Waals surface area contributed by atoms with Gasteiger partial charge >= 0.3 is 0 Å². The third kappa shape index (κ3) is 1.66. The van der Waals surface area contributed by atoms with Crippen LogP contribution in [0.4, 0.5) is 4.39 Å². The number of aldehydes is 1. The molecule has 4 heteroatoms. The van der Waals surface area contributed by atoms with Crippen molar-refractivity contribution in [3.05, 3.63) is 47.5 Å². The summed E-state index contributed by atoms with van der Waals surface area (Å²) in [5.74, 6) is -0.306. The predicted octanol–water partition coefficient (Wildman–Crippen LogP) is 2.13. The van der Waals surface area contributed by atoms with Crippen LogP contribution in [0.3, 0.4) is 0 Å². The van der Waals surface area contributed by atoms with Gasteiger partial charge in [0.2, 0.25) is 0 Å². The van der Waals surface area contributed by atoms with Crippen LogP contribution in [0.15, 0.2) is 30.5 Å². The van der Waals surface area contributed by atoms with Gasteiger partial charge in [-0.25, -0.2) is 9.07 Å². The lowest BCUT2D eigenvalue weighted by atomic mass is 10.2. The Hall–Kier alpha value is -1.97. The molecule has 1 aromatic heterocycles. The van der Waals surface area contributed by atoms with Gasteiger partial charge < -0.3 is 0 Å². The first-order valence-corrected chi connectivity index (χ1v) is 4.48. The van der Waals surface area contributed by atoms with Gasteiger partial charge in [0.1, 0.15) is 11.5 Å². The number of rotatable bonds is 2. The number of hydrogen-bond donors (Lipinski definition) is 0. The number of benzene rings is 1. The number of carbonyl (C=O) groups excluding carboxylic acids is 1. The lowest BCUT2D eigenvalue weighted by molar-refractivity contribution is 0.111. The molecule has 0 radical (unpaired) electrons. The van der Waals surface area contributed by atoms with E-state index in [1.807, 2.05) is 0 Å². The summed E-state index contributed by atoms with van der Waals surface area (Å²) in [5.41, 5.74) is 1.52. The smallest absolute Gasteiger partial charge is 0.168 e. The molecule has 0 amide bonds. The Balaban J connectivity index is 2.54. The Morgan fingerprint density at radius 2 is 2.20 bits per heavy atom. The monoisotopic (exact) mass is 204 g/mol. The van der Waals surface area contributed by atoms with Crippen molar-refractivity contribution in [2.75, 3.05) is 0 Å². The van der Waals surface area contributed by atoms with Gasteiger partial charge in [-0.15, -0.1) is 0 Å². The fourth-order valence-electron chi connectivity index (χ4n) is 1.33. The first-order chi connectivity index (χ1) is 7.22. The van der Waals surface area contributed by atoms with Crippen molar-refractivity contribution in [1.82, 2.24) is 9.78 Å². The van der Waals surface area contributed by atoms with Crippen LogP contribution in [0.25, 0.3) is 5.69 Å². The molecule has 0 fully saturated rings. The molecule has 1 heterocycles. The molecule has 0 aliphatic carbocycles. The molecular weight excluding hydrogens is 195 g/mol. The fraction of sp³-hybridized carbons (Fsp3) is 0.0909. The maximum Gasteiger partial charge on any atom is 0.168 e. The minimum absolute atomic E-state index is 0.306. The van der Waals surface area contributed by atoms with Crippen LogP contribution in [0, 0.1) is 12.7 Å². The van der Waals surface area contributed by atoms with Gasteiger partial charge in [0.15, 0.2) is 6.29 Å². The lowest BCUT2D eigenvalue weighted by Crippen LogP contribution is -2.01. The van der Waals surface area contributed by atoms with Gasteiger partial charge in [0.25, 0.3) is 0 Å². The zero-order valence-corrected chi connectivity index (χ0v) is 8.14. The molecule has 0 atom stereocenters. The van der Waals surface area contributed by atoms with E-state index in [4.69, 9.17) is 0 Å². The molecule has 0 bridgehead atoms. The maximum atomic E-state index is 13.3. The Morgan fingerprint density at radius 1 is 1.40 bits per heavy atom. The molecule has 15 heavy (non-hydrogen) atoms. The van der Waals surface area contributed by atoms with Crippen molar-refractivity contribution in [3.63, 3.8) is 0 Å². The zero-order valence-electron chi connectivity index (χ0n) is 8.14. The summed E-state index contributed by atoms with van der Waals surface area (Å²) >= 11 is 0. The average molecular weight is 204 g/mol. The van der Waals surface area contributed by atoms with Crippen molar-refractivity contribution >= 4 is 6.29 Å². The predicted molar refractivity (Wildman–Crippen MR) is 53.6 cm³/mol. The fourth-order valence-corrected chi connectivity index (χ4v) is 1.33. The highest BCUT2D eigenvalue weighted by molar-refractivity contribution is 5.73. The molecule has 0 saturated heterocycles. The highest BCUT2D eigenvalue weighted by atomic mass is 19.1. The second kappa shape index (κ2) is 3.65. The van der Waals surface area contributed by atoms with Crippen LogP contribution in [0.5, 0.6) is 0 Å². The second-order valence-corrected chi connectivity index (χ2v) is 3.22. The summed E-state index contributed by atoms with van der Waals surface area (Å²) in [6, 6.07) is 6.30. The first kappa shape index (κ1) is 9.58. The number of aromatic nitrogens is 2. The molecular formula is C11H9FN2O. The zero-order chi connectivity index (χ0) is 10.8. The molecule has 2 rings (SSSR count). The molecule has 3 nitrogen and oxygen atoms in total. The SMILES string of the molecule is Cc1ccc(-n2nccc2C=O)cc1F. The van der Waals surface area contributed by atoms with Crippen molar-refractivity contribution in [2.45, 2.75) is 6.92 Å². The number of halogens is 1. The van der Waals surface area contributed by atoms with E-state index in [1.54, 1.807) is 25.1 Å². The maximum absolute atomic E-state index is 13.3. The molecule has 0 N–H and O–H groups in total. The highest BCUT2D eigenvalue weighted by Gasteiger charge is 2.05. The molecule has 0 saturated carbocycles. The number of nitrogens with zero attached hydrogens (tertiary/aromatic N) is 2. The third-order valence-corrected chi connectivity index (χ3v) is 2.19. The number of hydrogen-bond acceptors (Lipinski definition) is 2. The topological polar surface area (TPSA) is 34.9 Å². The number of aryl methyl sites for hydroxylation is 1. The summed E-state index contributed by atoms with van der Waals surface area (Å²) in [6.07, 6.45) is 2.19. The van der Waals surface area contributed by atoms with E-state index in [2.05, 4.69) is 5.10 Å². The Labute approximate surface area is 86.2 Å². The van der Waals surface area contributed by atoms with Crippen LogP contribution in [0.1, 0.15) is 16.1 Å². The summed E-state index contributed by atoms with van der Waals surface area (Å²) in [5, 5.41) is 3.95. The van der Waals surface area contributed by atoms with Crippen LogP contribution in [-0.4, -0.2) is 16.1 Å². The molecule has 0 spiro atoms. The third-order valence-electron chi connectivity index (χ3n) is 2.19. The Bertz CT molecular complexity index is 505. The molecule has 1 aromatic carbocycles. The molecule has 2 aromatic rings. The van der Waals surface area contributed by atoms with Gasteiger partial charge in [-0.1, -0.05) is 6.07 Å². The van der Waals surface area contributed by atoms with E-state index in [9.17, 15) is 9.18 Å². The largest absolute Gasteiger partial charge is 0.296 e. The quantitative estimate of drug-likeness (QED) is 0.702. The average Bonchev–Trinajstić information content (AvgIpc) is 2.70. The minimum atomic E-state index is -0.306. The van der Waals surface area contributed by atoms with Gasteiger partial charge in [0.05, 0.1) is 11.9 Å². The standard InChI is InChI=1S/C11H9FN2O/c1-8-2-3-9(6-11(8)12)14-10(7-15)4-5-13-14/h2-7H,1H3. The van der Waals surface area contributed by atoms with E-state index in [0.29, 0.717) is 23.2 Å². The van der Waals surface area contributed by atoms with Gasteiger partial charge in [0, 0.05) is 0 Å². The summed E-state index contributed by atoms with van der Waals surface area (Å²) in [4.78, 5) is 10.7. The molecule has 0 aliphatic heterocycles. The van der Waals surface area contributed by atoms with Crippen molar-refractivity contribution in [1.29, 1.82) is 0 Å². The van der Waals surface area contributed by atoms with Crippen LogP contribution in [-0.2, 0) is 0 Å². The van der Waals surface area contributed by atoms with E-state index < -0.39 is 0 Å². The normalized spacial score (nSPS) is 10.3. The summed E-state index contributed by atoms with van der Waals surface area (Å²) in [6.45, 7) is 1.68. The van der Waals surface area contributed by atoms with Crippen LogP contribution in [0.2, 0.25) is 0 Å². The Morgan fingerprint density at radius 3 is 2.87 bits per heavy atom. The van der Waals surface area contributed by atoms with E-state index >= 15 is 0 Å². The second-order valence-electron chi connectivity index (χ2n) is 3.22. The van der Waals surface area contributed by atoms with Crippen molar-refractivity contribution in [2.24, 2.45) is 0 Å². The summed E-state index contributed by atoms with van der Waals surface area (Å²) in [7, 11) is 0. The van der Waals surface area contributed by atoms with Gasteiger partial charge in [-0.3, -0.25) is 4.79 Å². The highest BCUT2D eigenvalue weighted by Crippen LogP contribution is 2.13.